The zero-order chi connectivity index (χ0) is 18.8. The Kier molecular flexibility index (Phi) is 4.58. The summed E-state index contributed by atoms with van der Waals surface area (Å²) in [6.45, 7) is 0.592. The van der Waals surface area contributed by atoms with E-state index >= 15 is 0 Å². The fourth-order valence-electron chi connectivity index (χ4n) is 2.88. The van der Waals surface area contributed by atoms with E-state index in [4.69, 9.17) is 4.74 Å². The monoisotopic (exact) mass is 367 g/mol. The van der Waals surface area contributed by atoms with E-state index in [1.165, 1.54) is 30.7 Å². The average molecular weight is 367 g/mol. The van der Waals surface area contributed by atoms with Crippen LogP contribution in [-0.2, 0) is 6.42 Å². The highest BCUT2D eigenvalue weighted by Gasteiger charge is 2.23. The first-order valence-corrected chi connectivity index (χ1v) is 8.74. The number of halogens is 1. The Bertz CT molecular complexity index is 982. The van der Waals surface area contributed by atoms with E-state index in [-0.39, 0.29) is 17.8 Å². The molecule has 1 aliphatic rings. The first-order chi connectivity index (χ1) is 13.1. The molecule has 0 spiro atoms. The molecule has 4 rings (SSSR count). The van der Waals surface area contributed by atoms with Crippen molar-refractivity contribution in [3.8, 4) is 17.1 Å². The van der Waals surface area contributed by atoms with Crippen molar-refractivity contribution in [3.63, 3.8) is 0 Å². The van der Waals surface area contributed by atoms with E-state index in [2.05, 4.69) is 15.0 Å². The minimum atomic E-state index is -1.04. The lowest BCUT2D eigenvalue weighted by molar-refractivity contribution is 0.0697. The lowest BCUT2D eigenvalue weighted by Gasteiger charge is -2.12. The summed E-state index contributed by atoms with van der Waals surface area (Å²) in [5.74, 6) is -0.307. The molecule has 2 aromatic heterocycles. The molecule has 6 nitrogen and oxygen atoms in total. The third kappa shape index (κ3) is 3.81. The Morgan fingerprint density at radius 3 is 2.93 bits per heavy atom. The molecule has 0 radical (unpaired) electrons. The van der Waals surface area contributed by atoms with Gasteiger partial charge in [-0.15, -0.1) is 0 Å². The van der Waals surface area contributed by atoms with Gasteiger partial charge in [-0.05, 0) is 43.0 Å². The number of carbonyl (C=O) groups is 1. The molecule has 0 unspecified atom stereocenters. The zero-order valence-corrected chi connectivity index (χ0v) is 14.5. The van der Waals surface area contributed by atoms with Crippen LogP contribution in [0.4, 0.5) is 4.39 Å². The lowest BCUT2D eigenvalue weighted by atomic mass is 10.0. The van der Waals surface area contributed by atoms with E-state index in [1.807, 2.05) is 0 Å². The Balaban J connectivity index is 1.64. The summed E-state index contributed by atoms with van der Waals surface area (Å²) in [4.78, 5) is 22.7. The molecule has 0 atom stereocenters. The number of hydrogen-bond donors (Lipinski definition) is 2. The van der Waals surface area contributed by atoms with Gasteiger partial charge in [-0.1, -0.05) is 6.07 Å². The highest BCUT2D eigenvalue weighted by Crippen LogP contribution is 2.32. The molecule has 0 amide bonds. The van der Waals surface area contributed by atoms with Crippen molar-refractivity contribution < 1.29 is 19.0 Å². The standard InChI is InChI=1S/C20H18FN3O3/c21-15-2-1-3-18(27-10-12-4-5-12)14(15)9-17-19(24-11-23-17)16-8-13(20(25)26)6-7-22-16/h1-3,6-8,11-12H,4-5,9-10H2,(H,23,24)(H,25,26). The fraction of sp³-hybridized carbons (Fsp3) is 0.250. The number of benzene rings is 1. The van der Waals surface area contributed by atoms with Gasteiger partial charge in [-0.25, -0.2) is 14.2 Å². The summed E-state index contributed by atoms with van der Waals surface area (Å²) in [5.41, 5.74) is 2.12. The third-order valence-corrected chi connectivity index (χ3v) is 4.57. The van der Waals surface area contributed by atoms with Crippen LogP contribution in [0, 0.1) is 11.7 Å². The molecule has 2 heterocycles. The predicted molar refractivity (Wildman–Crippen MR) is 96.2 cm³/mol. The SMILES string of the molecule is O=C(O)c1ccnc(-c2nc[nH]c2Cc2c(F)cccc2OCC2CC2)c1. The summed E-state index contributed by atoms with van der Waals surface area (Å²) in [6.07, 6.45) is 5.46. The predicted octanol–water partition coefficient (Wildman–Crippen LogP) is 3.69. The number of pyridine rings is 1. The zero-order valence-electron chi connectivity index (χ0n) is 14.5. The van der Waals surface area contributed by atoms with E-state index in [0.29, 0.717) is 40.9 Å². The van der Waals surface area contributed by atoms with Gasteiger partial charge in [0.05, 0.1) is 24.2 Å². The van der Waals surface area contributed by atoms with Crippen molar-refractivity contribution in [2.24, 2.45) is 5.92 Å². The summed E-state index contributed by atoms with van der Waals surface area (Å²) in [6, 6.07) is 7.67. The van der Waals surface area contributed by atoms with Gasteiger partial charge >= 0.3 is 5.97 Å². The quantitative estimate of drug-likeness (QED) is 0.665. The Morgan fingerprint density at radius 2 is 2.15 bits per heavy atom. The number of aromatic nitrogens is 3. The summed E-state index contributed by atoms with van der Waals surface area (Å²) in [7, 11) is 0. The lowest BCUT2D eigenvalue weighted by Crippen LogP contribution is -2.05. The van der Waals surface area contributed by atoms with Crippen LogP contribution in [0.1, 0.15) is 34.5 Å². The van der Waals surface area contributed by atoms with Crippen LogP contribution in [0.5, 0.6) is 5.75 Å². The van der Waals surface area contributed by atoms with E-state index in [0.717, 1.165) is 12.8 Å². The van der Waals surface area contributed by atoms with Crippen LogP contribution in [0.2, 0.25) is 0 Å². The number of H-pyrrole nitrogens is 1. The Labute approximate surface area is 155 Å². The molecular formula is C20H18FN3O3. The van der Waals surface area contributed by atoms with Gasteiger partial charge in [0.15, 0.2) is 0 Å². The summed E-state index contributed by atoms with van der Waals surface area (Å²) >= 11 is 0. The summed E-state index contributed by atoms with van der Waals surface area (Å²) in [5, 5.41) is 9.17. The molecule has 0 saturated heterocycles. The van der Waals surface area contributed by atoms with Crippen LogP contribution in [0.15, 0.2) is 42.9 Å². The van der Waals surface area contributed by atoms with Gasteiger partial charge < -0.3 is 14.8 Å². The second-order valence-corrected chi connectivity index (χ2v) is 6.61. The third-order valence-electron chi connectivity index (χ3n) is 4.57. The molecule has 1 fully saturated rings. The number of aromatic carboxylic acids is 1. The maximum atomic E-state index is 14.5. The highest BCUT2D eigenvalue weighted by atomic mass is 19.1. The van der Waals surface area contributed by atoms with Crippen molar-refractivity contribution in [2.75, 3.05) is 6.61 Å². The van der Waals surface area contributed by atoms with E-state index in [1.54, 1.807) is 12.1 Å². The first kappa shape index (κ1) is 17.2. The molecule has 1 saturated carbocycles. The number of hydrogen-bond acceptors (Lipinski definition) is 4. The van der Waals surface area contributed by atoms with Gasteiger partial charge in [0.1, 0.15) is 17.3 Å². The number of carboxylic acid groups (broad SMARTS) is 1. The van der Waals surface area contributed by atoms with Crippen molar-refractivity contribution in [3.05, 3.63) is 65.5 Å². The molecule has 27 heavy (non-hydrogen) atoms. The Hall–Kier alpha value is -3.22. The second kappa shape index (κ2) is 7.19. The van der Waals surface area contributed by atoms with Crippen molar-refractivity contribution >= 4 is 5.97 Å². The van der Waals surface area contributed by atoms with E-state index in [9.17, 15) is 14.3 Å². The van der Waals surface area contributed by atoms with Gasteiger partial charge in [-0.2, -0.15) is 0 Å². The average Bonchev–Trinajstić information content (AvgIpc) is 3.38. The second-order valence-electron chi connectivity index (χ2n) is 6.61. The normalized spacial score (nSPS) is 13.5. The van der Waals surface area contributed by atoms with Crippen LogP contribution in [-0.4, -0.2) is 32.6 Å². The fourth-order valence-corrected chi connectivity index (χ4v) is 2.88. The minimum Gasteiger partial charge on any atom is -0.493 e. The molecule has 1 aliphatic carbocycles. The molecule has 1 aromatic carbocycles. The number of rotatable bonds is 7. The molecule has 0 bridgehead atoms. The van der Waals surface area contributed by atoms with Crippen LogP contribution in [0.25, 0.3) is 11.4 Å². The Morgan fingerprint density at radius 1 is 1.30 bits per heavy atom. The molecule has 7 heteroatoms. The van der Waals surface area contributed by atoms with Crippen molar-refractivity contribution in [1.29, 1.82) is 0 Å². The maximum absolute atomic E-state index is 14.5. The number of nitrogens with zero attached hydrogens (tertiary/aromatic N) is 2. The van der Waals surface area contributed by atoms with Crippen LogP contribution < -0.4 is 4.74 Å². The van der Waals surface area contributed by atoms with Gasteiger partial charge in [-0.3, -0.25) is 4.98 Å². The van der Waals surface area contributed by atoms with Crippen LogP contribution in [0.3, 0.4) is 0 Å². The van der Waals surface area contributed by atoms with Gasteiger partial charge in [0.2, 0.25) is 0 Å². The smallest absolute Gasteiger partial charge is 0.335 e. The first-order valence-electron chi connectivity index (χ1n) is 8.74. The van der Waals surface area contributed by atoms with Gasteiger partial charge in [0, 0.05) is 23.9 Å². The summed E-state index contributed by atoms with van der Waals surface area (Å²) < 4.78 is 20.3. The highest BCUT2D eigenvalue weighted by molar-refractivity contribution is 5.88. The number of aromatic amines is 1. The number of nitrogens with one attached hydrogen (secondary N) is 1. The number of carboxylic acids is 1. The topological polar surface area (TPSA) is 88.1 Å². The number of imidazole rings is 1. The van der Waals surface area contributed by atoms with Crippen molar-refractivity contribution in [1.82, 2.24) is 15.0 Å². The molecule has 0 aliphatic heterocycles. The van der Waals surface area contributed by atoms with E-state index < -0.39 is 5.97 Å². The van der Waals surface area contributed by atoms with Crippen LogP contribution >= 0.6 is 0 Å². The molecular weight excluding hydrogens is 349 g/mol. The maximum Gasteiger partial charge on any atom is 0.335 e. The largest absolute Gasteiger partial charge is 0.493 e. The number of ether oxygens (including phenoxy) is 1. The molecule has 2 N–H and O–H groups in total. The molecule has 138 valence electrons. The van der Waals surface area contributed by atoms with Crippen molar-refractivity contribution in [2.45, 2.75) is 19.3 Å². The van der Waals surface area contributed by atoms with Gasteiger partial charge in [0.25, 0.3) is 0 Å². The molecule has 3 aromatic rings. The minimum absolute atomic E-state index is 0.119.